The molecule has 10 nitrogen and oxygen atoms in total. The summed E-state index contributed by atoms with van der Waals surface area (Å²) in [7, 11) is 1.55. The molecule has 4 rings (SSSR count). The Morgan fingerprint density at radius 3 is 2.70 bits per heavy atom. The van der Waals surface area contributed by atoms with E-state index in [1.165, 1.54) is 0 Å². The number of methoxy groups -OCH3 is 1. The van der Waals surface area contributed by atoms with Crippen molar-refractivity contribution in [3.63, 3.8) is 0 Å². The van der Waals surface area contributed by atoms with Crippen LogP contribution in [0.4, 0.5) is 0 Å². The van der Waals surface area contributed by atoms with Crippen molar-refractivity contribution in [1.82, 2.24) is 10.2 Å². The fraction of sp³-hybridized carbons (Fsp3) is 0.441. The van der Waals surface area contributed by atoms with Gasteiger partial charge in [0.2, 0.25) is 17.7 Å². The first-order valence-corrected chi connectivity index (χ1v) is 14.8. The fourth-order valence-corrected chi connectivity index (χ4v) is 6.74. The lowest BCUT2D eigenvalue weighted by Gasteiger charge is -2.38. The molecule has 1 aromatic carbocycles. The number of nitrogens with zero attached hydrogens (tertiary/aromatic N) is 4. The second kappa shape index (κ2) is 13.3. The number of benzene rings is 1. The number of rotatable bonds is 10. The van der Waals surface area contributed by atoms with Crippen molar-refractivity contribution < 1.29 is 14.3 Å². The lowest BCUT2D eigenvalue weighted by atomic mass is 9.68. The molecule has 3 aliphatic rings. The zero-order valence-electron chi connectivity index (χ0n) is 25.9. The van der Waals surface area contributed by atoms with Crippen LogP contribution in [0.5, 0.6) is 0 Å². The summed E-state index contributed by atoms with van der Waals surface area (Å²) >= 11 is 0. The Kier molecular flexibility index (Phi) is 9.76. The summed E-state index contributed by atoms with van der Waals surface area (Å²) in [6, 6.07) is 7.27. The Balaban J connectivity index is 1.83. The molecule has 1 aliphatic heterocycles. The normalized spacial score (nSPS) is 25.4. The molecular weight excluding hydrogens is 554 g/mol. The molecule has 1 aromatic rings. The number of ether oxygens (including phenoxy) is 1. The van der Waals surface area contributed by atoms with Crippen LogP contribution in [0, 0.1) is 29.6 Å². The molecule has 5 atom stereocenters. The number of allylic oxidation sites excluding steroid dienone is 3. The molecule has 1 saturated heterocycles. The molecule has 0 aromatic heterocycles. The van der Waals surface area contributed by atoms with Crippen LogP contribution in [0.25, 0.3) is 0 Å². The standard InChI is InChI=1S/C34H41N7O3/c1-7-23(22(5)36)13-24-9-10-25-14-26(32(37)43)11-12-29(25)34(21(24)4,33(44-6)40-39-8-2)17-20(3)38-19-31(42)41-28(18-35)15-27-16-30(27)41/h1,8,11-14,20,27-28,30,38H,5,9-10,15-17,19,36H2,2-4,6H3,(H2,37,43)/b23-13+,39-8+,40-33-/t20-,27?,28?,30?,34?/m1/s1. The molecule has 230 valence electrons. The van der Waals surface area contributed by atoms with Crippen molar-refractivity contribution in [3.8, 4) is 18.4 Å². The summed E-state index contributed by atoms with van der Waals surface area (Å²) in [6.45, 7) is 9.69. The smallest absolute Gasteiger partial charge is 0.248 e. The Bertz CT molecular complexity index is 1560. The number of amides is 2. The molecule has 5 N–H and O–H groups in total. The van der Waals surface area contributed by atoms with Gasteiger partial charge in [-0.15, -0.1) is 11.5 Å². The highest BCUT2D eigenvalue weighted by Crippen LogP contribution is 2.48. The molecule has 2 fully saturated rings. The summed E-state index contributed by atoms with van der Waals surface area (Å²) in [5.74, 6) is 2.81. The monoisotopic (exact) mass is 595 g/mol. The molecule has 0 radical (unpaired) electrons. The SMILES string of the molecule is C#C/C(=C\C1=C(C)C(C[C@@H](C)NCC(=O)N2C(C#N)CC3CC32)(/C(=N/N=C/C)OC)c2ccc(C(N)=O)cc2CC1)C(=C)N. The van der Waals surface area contributed by atoms with Gasteiger partial charge in [0, 0.05) is 35.1 Å². The average Bonchev–Trinajstić information content (AvgIpc) is 3.69. The summed E-state index contributed by atoms with van der Waals surface area (Å²) in [4.78, 5) is 27.2. The van der Waals surface area contributed by atoms with Gasteiger partial charge in [-0.3, -0.25) is 9.59 Å². The van der Waals surface area contributed by atoms with Gasteiger partial charge in [-0.25, -0.2) is 0 Å². The predicted octanol–water partition coefficient (Wildman–Crippen LogP) is 3.25. The quantitative estimate of drug-likeness (QED) is 0.124. The summed E-state index contributed by atoms with van der Waals surface area (Å²) in [5, 5.41) is 21.7. The van der Waals surface area contributed by atoms with E-state index in [4.69, 9.17) is 22.6 Å². The van der Waals surface area contributed by atoms with Crippen molar-refractivity contribution in [2.75, 3.05) is 13.7 Å². The maximum atomic E-state index is 13.3. The Hall–Kier alpha value is -4.67. The van der Waals surface area contributed by atoms with Crippen LogP contribution in [0.1, 0.15) is 67.9 Å². The third kappa shape index (κ3) is 6.17. The number of primary amides is 1. The Morgan fingerprint density at radius 2 is 2.09 bits per heavy atom. The molecule has 1 saturated carbocycles. The minimum atomic E-state index is -0.982. The highest BCUT2D eigenvalue weighted by molar-refractivity contribution is 5.96. The van der Waals surface area contributed by atoms with E-state index in [0.29, 0.717) is 42.2 Å². The number of aryl methyl sites for hydroxylation is 1. The van der Waals surface area contributed by atoms with Gasteiger partial charge in [-0.2, -0.15) is 10.4 Å². The van der Waals surface area contributed by atoms with Gasteiger partial charge in [0.05, 0.1) is 25.1 Å². The van der Waals surface area contributed by atoms with Gasteiger partial charge in [0.25, 0.3) is 0 Å². The predicted molar refractivity (Wildman–Crippen MR) is 171 cm³/mol. The van der Waals surface area contributed by atoms with Crippen LogP contribution in [-0.4, -0.2) is 60.6 Å². The van der Waals surface area contributed by atoms with Crippen molar-refractivity contribution in [2.24, 2.45) is 27.6 Å². The molecule has 0 spiro atoms. The number of hydrogen-bond donors (Lipinski definition) is 3. The highest BCUT2D eigenvalue weighted by atomic mass is 16.5. The number of hydrogen-bond acceptors (Lipinski definition) is 8. The fourth-order valence-electron chi connectivity index (χ4n) is 6.74. The van der Waals surface area contributed by atoms with E-state index in [9.17, 15) is 14.9 Å². The minimum absolute atomic E-state index is 0.0814. The number of fused-ring (bicyclic) bond motifs is 2. The molecule has 2 aliphatic carbocycles. The number of nitrogens with one attached hydrogen (secondary N) is 1. The van der Waals surface area contributed by atoms with Crippen molar-refractivity contribution in [3.05, 3.63) is 70.0 Å². The molecule has 2 amide bonds. The summed E-state index contributed by atoms with van der Waals surface area (Å²) in [5.41, 5.74) is 15.5. The number of nitrogens with two attached hydrogens (primary N) is 2. The van der Waals surface area contributed by atoms with Gasteiger partial charge < -0.3 is 26.4 Å². The molecule has 0 bridgehead atoms. The molecular formula is C34H41N7O3. The van der Waals surface area contributed by atoms with Gasteiger partial charge in [0.1, 0.15) is 6.04 Å². The Labute approximate surface area is 259 Å². The van der Waals surface area contributed by atoms with Crippen LogP contribution < -0.4 is 16.8 Å². The van der Waals surface area contributed by atoms with Gasteiger partial charge in [-0.1, -0.05) is 24.1 Å². The first-order valence-electron chi connectivity index (χ1n) is 14.8. The zero-order valence-corrected chi connectivity index (χ0v) is 25.9. The summed E-state index contributed by atoms with van der Waals surface area (Å²) < 4.78 is 6.01. The van der Waals surface area contributed by atoms with Crippen LogP contribution >= 0.6 is 0 Å². The summed E-state index contributed by atoms with van der Waals surface area (Å²) in [6.07, 6.45) is 12.5. The van der Waals surface area contributed by atoms with Crippen LogP contribution in [0.15, 0.2) is 63.5 Å². The van der Waals surface area contributed by atoms with E-state index in [1.807, 2.05) is 32.1 Å². The highest BCUT2D eigenvalue weighted by Gasteiger charge is 2.54. The van der Waals surface area contributed by atoms with Crippen LogP contribution in [0.3, 0.4) is 0 Å². The van der Waals surface area contributed by atoms with E-state index in [2.05, 4.69) is 34.1 Å². The van der Waals surface area contributed by atoms with E-state index in [1.54, 1.807) is 31.2 Å². The van der Waals surface area contributed by atoms with Crippen LogP contribution in [0.2, 0.25) is 0 Å². The first-order chi connectivity index (χ1) is 21.0. The molecule has 10 heteroatoms. The van der Waals surface area contributed by atoms with Crippen molar-refractivity contribution >= 4 is 23.9 Å². The minimum Gasteiger partial charge on any atom is -0.482 e. The molecule has 4 unspecified atom stereocenters. The average molecular weight is 596 g/mol. The third-order valence-electron chi connectivity index (χ3n) is 9.03. The number of terminal acetylenes is 1. The van der Waals surface area contributed by atoms with E-state index in [-0.39, 0.29) is 36.3 Å². The van der Waals surface area contributed by atoms with Gasteiger partial charge >= 0.3 is 0 Å². The maximum absolute atomic E-state index is 13.3. The second-order valence-corrected chi connectivity index (χ2v) is 11.7. The maximum Gasteiger partial charge on any atom is 0.248 e. The van der Waals surface area contributed by atoms with Crippen molar-refractivity contribution in [2.45, 2.75) is 76.4 Å². The van der Waals surface area contributed by atoms with Gasteiger partial charge in [0.15, 0.2) is 0 Å². The largest absolute Gasteiger partial charge is 0.482 e. The lowest BCUT2D eigenvalue weighted by Crippen LogP contribution is -2.48. The van der Waals surface area contributed by atoms with Crippen molar-refractivity contribution in [1.29, 1.82) is 5.26 Å². The number of nitriles is 1. The Morgan fingerprint density at radius 1 is 1.34 bits per heavy atom. The van der Waals surface area contributed by atoms with E-state index in [0.717, 1.165) is 35.1 Å². The zero-order chi connectivity index (χ0) is 32.2. The second-order valence-electron chi connectivity index (χ2n) is 11.7. The number of piperidine rings is 1. The first kappa shape index (κ1) is 32.2. The lowest BCUT2D eigenvalue weighted by molar-refractivity contribution is -0.131. The van der Waals surface area contributed by atoms with E-state index < -0.39 is 11.3 Å². The molecule has 1 heterocycles. The number of likely N-dealkylation sites (tertiary alicyclic amines) is 1. The topological polar surface area (TPSA) is 159 Å². The number of carbonyl (C=O) groups is 2. The number of carbonyl (C=O) groups excluding carboxylic acids is 2. The van der Waals surface area contributed by atoms with Crippen LogP contribution in [-0.2, 0) is 21.4 Å². The third-order valence-corrected chi connectivity index (χ3v) is 9.03. The molecule has 44 heavy (non-hydrogen) atoms. The van der Waals surface area contributed by atoms with E-state index >= 15 is 0 Å². The van der Waals surface area contributed by atoms with Gasteiger partial charge in [-0.05, 0) is 93.7 Å².